The Morgan fingerprint density at radius 1 is 0.931 bits per heavy atom. The lowest BCUT2D eigenvalue weighted by Crippen LogP contribution is -2.34. The molecule has 0 aromatic heterocycles. The van der Waals surface area contributed by atoms with Gasteiger partial charge in [-0.2, -0.15) is 0 Å². The molecular weight excluding hydrogens is 427 g/mol. The number of carbonyl (C=O) groups is 1. The van der Waals surface area contributed by atoms with E-state index in [2.05, 4.69) is 22.8 Å². The highest BCUT2D eigenvalue weighted by Crippen LogP contribution is 2.29. The van der Waals surface area contributed by atoms with Crippen molar-refractivity contribution in [3.63, 3.8) is 0 Å². The van der Waals surface area contributed by atoms with Gasteiger partial charge in [-0.1, -0.05) is 59.6 Å². The minimum atomic E-state index is -0.337. The molecule has 7 heteroatoms. The van der Waals surface area contributed by atoms with E-state index in [4.69, 9.17) is 40.2 Å². The van der Waals surface area contributed by atoms with Gasteiger partial charge in [0, 0.05) is 12.0 Å². The molecule has 4 nitrogen and oxygen atoms in total. The van der Waals surface area contributed by atoms with E-state index in [0.717, 1.165) is 6.42 Å². The summed E-state index contributed by atoms with van der Waals surface area (Å²) in [5.74, 6) is 0.361. The van der Waals surface area contributed by atoms with Crippen molar-refractivity contribution in [2.24, 2.45) is 0 Å². The highest BCUT2D eigenvalue weighted by Gasteiger charge is 2.10. The Hall–Kier alpha value is -2.60. The van der Waals surface area contributed by atoms with Gasteiger partial charge in [0.25, 0.3) is 5.91 Å². The quantitative estimate of drug-likeness (QED) is 0.475. The van der Waals surface area contributed by atoms with E-state index in [-0.39, 0.29) is 11.0 Å². The number of amides is 1. The lowest BCUT2D eigenvalue weighted by molar-refractivity contribution is 0.0977. The zero-order chi connectivity index (χ0) is 20.6. The second-order valence-electron chi connectivity index (χ2n) is 6.12. The molecule has 0 saturated heterocycles. The highest BCUT2D eigenvalue weighted by atomic mass is 35.5. The summed E-state index contributed by atoms with van der Waals surface area (Å²) in [6, 6.07) is 22.1. The summed E-state index contributed by atoms with van der Waals surface area (Å²) < 4.78 is 5.73. The normalized spacial score (nSPS) is 10.3. The van der Waals surface area contributed by atoms with Gasteiger partial charge < -0.3 is 10.1 Å². The van der Waals surface area contributed by atoms with Crippen LogP contribution in [-0.4, -0.2) is 17.6 Å². The zero-order valence-corrected chi connectivity index (χ0v) is 17.7. The Morgan fingerprint density at radius 3 is 2.38 bits per heavy atom. The minimum Gasteiger partial charge on any atom is -0.493 e. The maximum Gasteiger partial charge on any atom is 0.257 e. The van der Waals surface area contributed by atoms with E-state index in [9.17, 15) is 4.79 Å². The summed E-state index contributed by atoms with van der Waals surface area (Å²) in [7, 11) is 0. The third-order valence-electron chi connectivity index (χ3n) is 4.05. The van der Waals surface area contributed by atoms with Crippen LogP contribution in [0.25, 0.3) is 0 Å². The van der Waals surface area contributed by atoms with Gasteiger partial charge in [0.15, 0.2) is 5.11 Å². The van der Waals surface area contributed by atoms with Gasteiger partial charge in [-0.05, 0) is 54.2 Å². The van der Waals surface area contributed by atoms with Crippen molar-refractivity contribution in [3.05, 3.63) is 94.0 Å². The van der Waals surface area contributed by atoms with Crippen LogP contribution in [0.3, 0.4) is 0 Å². The van der Waals surface area contributed by atoms with Gasteiger partial charge in [0.2, 0.25) is 0 Å². The second-order valence-corrected chi connectivity index (χ2v) is 7.31. The predicted molar refractivity (Wildman–Crippen MR) is 122 cm³/mol. The molecule has 0 unspecified atom stereocenters. The molecule has 0 aliphatic rings. The molecule has 0 saturated carbocycles. The third kappa shape index (κ3) is 6.19. The summed E-state index contributed by atoms with van der Waals surface area (Å²) in [5, 5.41) is 6.34. The van der Waals surface area contributed by atoms with Gasteiger partial charge >= 0.3 is 0 Å². The Kier molecular flexibility index (Phi) is 7.47. The van der Waals surface area contributed by atoms with E-state index in [1.165, 1.54) is 5.56 Å². The number of hydrogen-bond donors (Lipinski definition) is 2. The Morgan fingerprint density at radius 2 is 1.66 bits per heavy atom. The molecule has 29 heavy (non-hydrogen) atoms. The van der Waals surface area contributed by atoms with Crippen molar-refractivity contribution in [2.75, 3.05) is 11.9 Å². The molecule has 1 amide bonds. The Bertz CT molecular complexity index is 995. The lowest BCUT2D eigenvalue weighted by Gasteiger charge is -2.12. The number of nitrogens with one attached hydrogen (secondary N) is 2. The summed E-state index contributed by atoms with van der Waals surface area (Å²) in [4.78, 5) is 12.4. The average Bonchev–Trinajstić information content (AvgIpc) is 2.72. The SMILES string of the molecule is O=C(NC(=S)Nc1cccc(Cl)c1Cl)c1ccc(OCCc2ccccc2)cc1. The largest absolute Gasteiger partial charge is 0.493 e. The van der Waals surface area contributed by atoms with E-state index >= 15 is 0 Å². The van der Waals surface area contributed by atoms with Crippen LogP contribution in [0.15, 0.2) is 72.8 Å². The van der Waals surface area contributed by atoms with Crippen molar-refractivity contribution >= 4 is 52.1 Å². The lowest BCUT2D eigenvalue weighted by atomic mass is 10.2. The fourth-order valence-corrected chi connectivity index (χ4v) is 3.11. The zero-order valence-electron chi connectivity index (χ0n) is 15.3. The third-order valence-corrected chi connectivity index (χ3v) is 5.07. The minimum absolute atomic E-state index is 0.127. The molecule has 0 radical (unpaired) electrons. The fourth-order valence-electron chi connectivity index (χ4n) is 2.56. The van der Waals surface area contributed by atoms with Crippen LogP contribution in [0.1, 0.15) is 15.9 Å². The predicted octanol–water partition coefficient (Wildman–Crippen LogP) is 5.74. The number of rotatable bonds is 6. The van der Waals surface area contributed by atoms with Crippen LogP contribution < -0.4 is 15.4 Å². The molecule has 0 spiro atoms. The van der Waals surface area contributed by atoms with Crippen molar-refractivity contribution < 1.29 is 9.53 Å². The maximum atomic E-state index is 12.4. The van der Waals surface area contributed by atoms with Gasteiger partial charge in [-0.25, -0.2) is 0 Å². The molecular formula is C22H18Cl2N2O2S. The van der Waals surface area contributed by atoms with Gasteiger partial charge in [-0.15, -0.1) is 0 Å². The summed E-state index contributed by atoms with van der Waals surface area (Å²) in [5.41, 5.74) is 2.19. The van der Waals surface area contributed by atoms with Crippen LogP contribution in [0.5, 0.6) is 5.75 Å². The first-order valence-corrected chi connectivity index (χ1v) is 10.0. The molecule has 148 valence electrons. The summed E-state index contributed by atoms with van der Waals surface area (Å²) in [6.45, 7) is 0.559. The first-order valence-electron chi connectivity index (χ1n) is 8.86. The molecule has 0 aliphatic heterocycles. The summed E-state index contributed by atoms with van der Waals surface area (Å²) in [6.07, 6.45) is 0.815. The molecule has 0 fully saturated rings. The number of carbonyl (C=O) groups excluding carboxylic acids is 1. The fraction of sp³-hybridized carbons (Fsp3) is 0.0909. The molecule has 3 rings (SSSR count). The molecule has 2 N–H and O–H groups in total. The molecule has 0 aliphatic carbocycles. The van der Waals surface area contributed by atoms with Gasteiger partial charge in [0.1, 0.15) is 5.75 Å². The molecule has 0 bridgehead atoms. The van der Waals surface area contributed by atoms with Crippen molar-refractivity contribution in [3.8, 4) is 5.75 Å². The van der Waals surface area contributed by atoms with E-state index in [1.54, 1.807) is 42.5 Å². The number of halogens is 2. The van der Waals surface area contributed by atoms with Crippen LogP contribution in [0.4, 0.5) is 5.69 Å². The number of thiocarbonyl (C=S) groups is 1. The monoisotopic (exact) mass is 444 g/mol. The number of ether oxygens (including phenoxy) is 1. The average molecular weight is 445 g/mol. The van der Waals surface area contributed by atoms with Gasteiger partial charge in [0.05, 0.1) is 22.3 Å². The Balaban J connectivity index is 1.50. The van der Waals surface area contributed by atoms with E-state index in [0.29, 0.717) is 33.7 Å². The van der Waals surface area contributed by atoms with Crippen LogP contribution in [0.2, 0.25) is 10.0 Å². The van der Waals surface area contributed by atoms with Crippen molar-refractivity contribution in [1.82, 2.24) is 5.32 Å². The number of hydrogen-bond acceptors (Lipinski definition) is 3. The molecule has 0 atom stereocenters. The first-order chi connectivity index (χ1) is 14.0. The summed E-state index contributed by atoms with van der Waals surface area (Å²) >= 11 is 17.3. The van der Waals surface area contributed by atoms with Crippen molar-refractivity contribution in [1.29, 1.82) is 0 Å². The van der Waals surface area contributed by atoms with E-state index in [1.807, 2.05) is 18.2 Å². The topological polar surface area (TPSA) is 50.4 Å². The van der Waals surface area contributed by atoms with Crippen molar-refractivity contribution in [2.45, 2.75) is 6.42 Å². The standard InChI is InChI=1S/C22H18Cl2N2O2S/c23-18-7-4-8-19(20(18)24)25-22(29)26-21(27)16-9-11-17(12-10-16)28-14-13-15-5-2-1-3-6-15/h1-12H,13-14H2,(H2,25,26,27,29). The van der Waals surface area contributed by atoms with E-state index < -0.39 is 0 Å². The van der Waals surface area contributed by atoms with Crippen LogP contribution >= 0.6 is 35.4 Å². The van der Waals surface area contributed by atoms with Crippen LogP contribution in [0, 0.1) is 0 Å². The maximum absolute atomic E-state index is 12.4. The second kappa shape index (κ2) is 10.3. The smallest absolute Gasteiger partial charge is 0.257 e. The molecule has 0 heterocycles. The highest BCUT2D eigenvalue weighted by molar-refractivity contribution is 7.80. The number of benzene rings is 3. The number of anilines is 1. The molecule has 3 aromatic carbocycles. The molecule has 3 aromatic rings. The van der Waals surface area contributed by atoms with Crippen LogP contribution in [-0.2, 0) is 6.42 Å². The first kappa shape index (κ1) is 21.1. The Labute approximate surface area is 184 Å². The van der Waals surface area contributed by atoms with Gasteiger partial charge in [-0.3, -0.25) is 10.1 Å².